The highest BCUT2D eigenvalue weighted by molar-refractivity contribution is 9.11. The first-order valence-electron chi connectivity index (χ1n) is 3.80. The summed E-state index contributed by atoms with van der Waals surface area (Å²) in [5, 5.41) is 3.85. The molecule has 0 amide bonds. The lowest BCUT2D eigenvalue weighted by Crippen LogP contribution is -2.11. The molecule has 0 unspecified atom stereocenters. The first-order valence-corrected chi connectivity index (χ1v) is 6.31. The zero-order chi connectivity index (χ0) is 10.1. The number of nitrogens with one attached hydrogen (secondary N) is 1. The average Bonchev–Trinajstić information content (AvgIpc) is 2.17. The molecule has 0 fully saturated rings. The molecule has 1 nitrogen and oxygen atoms in total. The SMILES string of the molecule is S=C1Nc2ccc(Cl)cc2/C(=C/Br)S1. The lowest BCUT2D eigenvalue weighted by Gasteiger charge is -2.20. The molecule has 1 aromatic carbocycles. The van der Waals surface area contributed by atoms with Crippen molar-refractivity contribution in [2.75, 3.05) is 5.32 Å². The zero-order valence-corrected chi connectivity index (χ0v) is 10.9. The number of hydrogen-bond acceptors (Lipinski definition) is 2. The summed E-state index contributed by atoms with van der Waals surface area (Å²) in [6.07, 6.45) is 0. The summed E-state index contributed by atoms with van der Waals surface area (Å²) in [5.74, 6) is 0. The highest BCUT2D eigenvalue weighted by Crippen LogP contribution is 2.40. The number of thioether (sulfide) groups is 1. The van der Waals surface area contributed by atoms with Gasteiger partial charge in [-0.3, -0.25) is 0 Å². The predicted octanol–water partition coefficient (Wildman–Crippen LogP) is 4.48. The van der Waals surface area contributed by atoms with Crippen LogP contribution in [0.4, 0.5) is 5.69 Å². The summed E-state index contributed by atoms with van der Waals surface area (Å²) >= 11 is 15.9. The van der Waals surface area contributed by atoms with Gasteiger partial charge in [0.25, 0.3) is 0 Å². The largest absolute Gasteiger partial charge is 0.340 e. The molecule has 5 heteroatoms. The molecule has 0 spiro atoms. The van der Waals surface area contributed by atoms with Gasteiger partial charge in [-0.2, -0.15) is 0 Å². The second-order valence-corrected chi connectivity index (χ2v) is 5.29. The molecule has 2 rings (SSSR count). The van der Waals surface area contributed by atoms with Crippen LogP contribution in [-0.4, -0.2) is 4.32 Å². The van der Waals surface area contributed by atoms with Gasteiger partial charge < -0.3 is 5.32 Å². The third-order valence-electron chi connectivity index (χ3n) is 1.79. The molecule has 0 saturated heterocycles. The third-order valence-corrected chi connectivity index (χ3v) is 3.98. The maximum absolute atomic E-state index is 5.92. The van der Waals surface area contributed by atoms with Crippen molar-refractivity contribution in [1.82, 2.24) is 0 Å². The average molecular weight is 307 g/mol. The van der Waals surface area contributed by atoms with Crippen LogP contribution >= 0.6 is 51.5 Å². The summed E-state index contributed by atoms with van der Waals surface area (Å²) in [6.45, 7) is 0. The van der Waals surface area contributed by atoms with Crippen molar-refractivity contribution in [1.29, 1.82) is 0 Å². The third kappa shape index (κ3) is 1.98. The Morgan fingerprint density at radius 1 is 1.50 bits per heavy atom. The summed E-state index contributed by atoms with van der Waals surface area (Å²) in [5.41, 5.74) is 2.08. The van der Waals surface area contributed by atoms with Crippen molar-refractivity contribution < 1.29 is 0 Å². The van der Waals surface area contributed by atoms with Crippen LogP contribution in [0.5, 0.6) is 0 Å². The fourth-order valence-electron chi connectivity index (χ4n) is 1.20. The Hall–Kier alpha value is -0.0300. The fourth-order valence-corrected chi connectivity index (χ4v) is 2.96. The molecule has 1 N–H and O–H groups in total. The molecule has 1 heterocycles. The van der Waals surface area contributed by atoms with Crippen LogP contribution in [0, 0.1) is 0 Å². The van der Waals surface area contributed by atoms with E-state index in [1.807, 2.05) is 23.2 Å². The molecule has 14 heavy (non-hydrogen) atoms. The van der Waals surface area contributed by atoms with E-state index in [-0.39, 0.29) is 0 Å². The Morgan fingerprint density at radius 3 is 3.00 bits per heavy atom. The van der Waals surface area contributed by atoms with Gasteiger partial charge in [-0.25, -0.2) is 0 Å². The minimum atomic E-state index is 0.728. The second-order valence-electron chi connectivity index (χ2n) is 2.68. The van der Waals surface area contributed by atoms with Crippen molar-refractivity contribution in [3.8, 4) is 0 Å². The minimum Gasteiger partial charge on any atom is -0.340 e. The molecule has 0 bridgehead atoms. The Morgan fingerprint density at radius 2 is 2.29 bits per heavy atom. The maximum Gasteiger partial charge on any atom is 0.143 e. The Bertz CT molecular complexity index is 431. The van der Waals surface area contributed by atoms with Crippen LogP contribution in [0.25, 0.3) is 4.91 Å². The van der Waals surface area contributed by atoms with Gasteiger partial charge in [0.1, 0.15) is 4.32 Å². The first kappa shape index (κ1) is 10.5. The highest BCUT2D eigenvalue weighted by atomic mass is 79.9. The predicted molar refractivity (Wildman–Crippen MR) is 72.2 cm³/mol. The molecule has 1 aliphatic heterocycles. The number of anilines is 1. The summed E-state index contributed by atoms with van der Waals surface area (Å²) in [4.78, 5) is 2.94. The number of fused-ring (bicyclic) bond motifs is 1. The molecule has 0 saturated carbocycles. The van der Waals surface area contributed by atoms with Gasteiger partial charge in [0.15, 0.2) is 0 Å². The van der Waals surface area contributed by atoms with Crippen LogP contribution in [-0.2, 0) is 0 Å². The van der Waals surface area contributed by atoms with E-state index < -0.39 is 0 Å². The topological polar surface area (TPSA) is 12.0 Å². The lowest BCUT2D eigenvalue weighted by atomic mass is 10.1. The van der Waals surface area contributed by atoms with Crippen LogP contribution in [0.1, 0.15) is 5.56 Å². The summed E-state index contributed by atoms with van der Waals surface area (Å²) in [6, 6.07) is 5.70. The second kappa shape index (κ2) is 4.23. The quantitative estimate of drug-likeness (QED) is 0.710. The van der Waals surface area contributed by atoms with Crippen LogP contribution in [0.2, 0.25) is 5.02 Å². The van der Waals surface area contributed by atoms with Crippen molar-refractivity contribution in [2.24, 2.45) is 0 Å². The molecule has 0 aliphatic carbocycles. The Kier molecular flexibility index (Phi) is 3.17. The minimum absolute atomic E-state index is 0.728. The molecule has 1 aromatic rings. The first-order chi connectivity index (χ1) is 6.70. The van der Waals surface area contributed by atoms with E-state index in [0.29, 0.717) is 0 Å². The maximum atomic E-state index is 5.92. The van der Waals surface area contributed by atoms with Gasteiger partial charge in [0.2, 0.25) is 0 Å². The van der Waals surface area contributed by atoms with Gasteiger partial charge in [-0.15, -0.1) is 0 Å². The van der Waals surface area contributed by atoms with Crippen LogP contribution in [0.3, 0.4) is 0 Å². The molecular weight excluding hydrogens is 302 g/mol. The van der Waals surface area contributed by atoms with E-state index >= 15 is 0 Å². The van der Waals surface area contributed by atoms with Crippen LogP contribution < -0.4 is 5.32 Å². The number of hydrogen-bond donors (Lipinski definition) is 1. The Labute approximate surface area is 105 Å². The summed E-state index contributed by atoms with van der Waals surface area (Å²) < 4.78 is 0.755. The molecular formula is C9H5BrClNS2. The number of benzene rings is 1. The molecule has 0 atom stereocenters. The molecule has 72 valence electrons. The zero-order valence-electron chi connectivity index (χ0n) is 6.88. The smallest absolute Gasteiger partial charge is 0.143 e. The molecule has 1 aliphatic rings. The van der Waals surface area contributed by atoms with Gasteiger partial charge in [-0.05, 0) is 23.2 Å². The molecule has 0 aromatic heterocycles. The van der Waals surface area contributed by atoms with E-state index in [4.69, 9.17) is 23.8 Å². The fraction of sp³-hybridized carbons (Fsp3) is 0. The van der Waals surface area contributed by atoms with E-state index in [1.165, 1.54) is 11.8 Å². The van der Waals surface area contributed by atoms with E-state index in [9.17, 15) is 0 Å². The van der Waals surface area contributed by atoms with E-state index in [1.54, 1.807) is 0 Å². The monoisotopic (exact) mass is 305 g/mol. The standard InChI is InChI=1S/C9H5BrClNS2/c10-4-8-6-3-5(11)1-2-7(6)12-9(13)14-8/h1-4H,(H,12,13)/b8-4-. The molecule has 0 radical (unpaired) electrons. The number of halogens is 2. The lowest BCUT2D eigenvalue weighted by molar-refractivity contribution is 1.61. The van der Waals surface area contributed by atoms with Gasteiger partial charge in [-0.1, -0.05) is 51.5 Å². The normalized spacial score (nSPS) is 17.9. The van der Waals surface area contributed by atoms with Gasteiger partial charge in [0, 0.05) is 21.2 Å². The van der Waals surface area contributed by atoms with Crippen molar-refractivity contribution in [3.05, 3.63) is 33.8 Å². The van der Waals surface area contributed by atoms with Crippen molar-refractivity contribution in [3.63, 3.8) is 0 Å². The van der Waals surface area contributed by atoms with E-state index in [0.717, 1.165) is 25.5 Å². The Balaban J connectivity index is 2.57. The van der Waals surface area contributed by atoms with Crippen molar-refractivity contribution >= 4 is 66.4 Å². The summed E-state index contributed by atoms with van der Waals surface area (Å²) in [7, 11) is 0. The highest BCUT2D eigenvalue weighted by Gasteiger charge is 2.17. The van der Waals surface area contributed by atoms with Crippen LogP contribution in [0.15, 0.2) is 23.2 Å². The van der Waals surface area contributed by atoms with Gasteiger partial charge in [0.05, 0.1) is 0 Å². The van der Waals surface area contributed by atoms with Gasteiger partial charge >= 0.3 is 0 Å². The van der Waals surface area contributed by atoms with Crippen molar-refractivity contribution in [2.45, 2.75) is 0 Å². The number of thiocarbonyl (C=S) groups is 1. The van der Waals surface area contributed by atoms with E-state index in [2.05, 4.69) is 21.2 Å². The number of rotatable bonds is 0.